The van der Waals surface area contributed by atoms with E-state index in [9.17, 15) is 0 Å². The molecule has 0 aliphatic heterocycles. The maximum atomic E-state index is 8.81. The van der Waals surface area contributed by atoms with Crippen molar-refractivity contribution >= 4 is 0 Å². The summed E-state index contributed by atoms with van der Waals surface area (Å²) in [6, 6.07) is 0.525. The molecule has 1 saturated carbocycles. The van der Waals surface area contributed by atoms with Crippen molar-refractivity contribution in [2.75, 3.05) is 7.05 Å². The van der Waals surface area contributed by atoms with Gasteiger partial charge in [0.25, 0.3) is 0 Å². The van der Waals surface area contributed by atoms with Gasteiger partial charge < -0.3 is 4.90 Å². The molecule has 2 unspecified atom stereocenters. The first kappa shape index (κ1) is 12.4. The minimum absolute atomic E-state index is 0.525. The van der Waals surface area contributed by atoms with Crippen molar-refractivity contribution in [2.45, 2.75) is 58.4 Å². The number of nitrogens with zero attached hydrogens (tertiary/aromatic N) is 2. The molecule has 0 saturated heterocycles. The van der Waals surface area contributed by atoms with Crippen molar-refractivity contribution in [1.82, 2.24) is 4.90 Å². The monoisotopic (exact) mass is 208 g/mol. The van der Waals surface area contributed by atoms with Crippen molar-refractivity contribution < 1.29 is 0 Å². The highest BCUT2D eigenvalue weighted by atomic mass is 15.1. The van der Waals surface area contributed by atoms with Crippen LogP contribution in [-0.2, 0) is 0 Å². The summed E-state index contributed by atoms with van der Waals surface area (Å²) in [5.41, 5.74) is 0. The lowest BCUT2D eigenvalue weighted by molar-refractivity contribution is 0.328. The molecule has 0 amide bonds. The maximum Gasteiger partial charge on any atom is 0.179 e. The molecule has 0 N–H and O–H groups in total. The highest BCUT2D eigenvalue weighted by Gasteiger charge is 2.26. The van der Waals surface area contributed by atoms with Crippen molar-refractivity contribution in [3.8, 4) is 6.19 Å². The Kier molecular flexibility index (Phi) is 4.94. The quantitative estimate of drug-likeness (QED) is 0.511. The summed E-state index contributed by atoms with van der Waals surface area (Å²) in [7, 11) is 1.92. The second-order valence-electron chi connectivity index (χ2n) is 5.13. The molecule has 1 rings (SSSR count). The fraction of sp³-hybridized carbons (Fsp3) is 0.923. The molecule has 0 spiro atoms. The normalized spacial score (nSPS) is 27.3. The fourth-order valence-corrected chi connectivity index (χ4v) is 2.47. The molecule has 0 aromatic rings. The van der Waals surface area contributed by atoms with Crippen LogP contribution in [0.3, 0.4) is 0 Å². The van der Waals surface area contributed by atoms with Crippen molar-refractivity contribution in [1.29, 1.82) is 5.26 Å². The Balaban J connectivity index is 2.22. The molecule has 1 aliphatic carbocycles. The van der Waals surface area contributed by atoms with E-state index in [-0.39, 0.29) is 0 Å². The molecule has 15 heavy (non-hydrogen) atoms. The summed E-state index contributed by atoms with van der Waals surface area (Å²) in [4.78, 5) is 1.84. The Morgan fingerprint density at radius 1 is 1.47 bits per heavy atom. The smallest absolute Gasteiger partial charge is 0.179 e. The average molecular weight is 208 g/mol. The molecule has 2 heteroatoms. The van der Waals surface area contributed by atoms with E-state index < -0.39 is 0 Å². The van der Waals surface area contributed by atoms with E-state index in [1.807, 2.05) is 11.9 Å². The number of hydrogen-bond donors (Lipinski definition) is 0. The van der Waals surface area contributed by atoms with Crippen LogP contribution in [0.25, 0.3) is 0 Å². The lowest BCUT2D eigenvalue weighted by Crippen LogP contribution is -2.24. The van der Waals surface area contributed by atoms with E-state index in [4.69, 9.17) is 5.26 Å². The van der Waals surface area contributed by atoms with Crippen LogP contribution >= 0.6 is 0 Å². The Morgan fingerprint density at radius 3 is 2.80 bits per heavy atom. The molecule has 0 heterocycles. The van der Waals surface area contributed by atoms with Gasteiger partial charge in [0.05, 0.1) is 0 Å². The van der Waals surface area contributed by atoms with Crippen LogP contribution in [0.1, 0.15) is 52.4 Å². The number of hydrogen-bond acceptors (Lipinski definition) is 2. The molecule has 86 valence electrons. The van der Waals surface area contributed by atoms with Crippen LogP contribution in [0.5, 0.6) is 0 Å². The van der Waals surface area contributed by atoms with Crippen LogP contribution in [-0.4, -0.2) is 18.0 Å². The minimum Gasteiger partial charge on any atom is -0.311 e. The maximum absolute atomic E-state index is 8.81. The van der Waals surface area contributed by atoms with Gasteiger partial charge in [-0.25, -0.2) is 0 Å². The molecule has 1 fully saturated rings. The van der Waals surface area contributed by atoms with Crippen molar-refractivity contribution in [3.63, 3.8) is 0 Å². The first-order chi connectivity index (χ1) is 7.17. The molecule has 1 aliphatic rings. The number of rotatable bonds is 5. The lowest BCUT2D eigenvalue weighted by atomic mass is 9.94. The molecule has 0 aromatic carbocycles. The van der Waals surface area contributed by atoms with Gasteiger partial charge >= 0.3 is 0 Å². The largest absolute Gasteiger partial charge is 0.311 e. The van der Waals surface area contributed by atoms with E-state index in [1.165, 1.54) is 38.5 Å². The summed E-state index contributed by atoms with van der Waals surface area (Å²) in [5, 5.41) is 8.81. The first-order valence-electron chi connectivity index (χ1n) is 6.29. The SMILES string of the molecule is CC[C@@H](C)CCC1CCC(N(C)C#N)C1. The third-order valence-corrected chi connectivity index (χ3v) is 3.98. The van der Waals surface area contributed by atoms with Gasteiger partial charge in [-0.3, -0.25) is 0 Å². The highest BCUT2D eigenvalue weighted by Crippen LogP contribution is 2.32. The Bertz CT molecular complexity index is 219. The van der Waals surface area contributed by atoms with Gasteiger partial charge in [0.15, 0.2) is 6.19 Å². The molecular formula is C13H24N2. The van der Waals surface area contributed by atoms with Crippen molar-refractivity contribution in [3.05, 3.63) is 0 Å². The van der Waals surface area contributed by atoms with Gasteiger partial charge in [0.1, 0.15) is 0 Å². The van der Waals surface area contributed by atoms with Crippen molar-refractivity contribution in [2.24, 2.45) is 11.8 Å². The van der Waals surface area contributed by atoms with Gasteiger partial charge in [0, 0.05) is 13.1 Å². The minimum atomic E-state index is 0.525. The second-order valence-corrected chi connectivity index (χ2v) is 5.13. The zero-order valence-electron chi connectivity index (χ0n) is 10.4. The van der Waals surface area contributed by atoms with Gasteiger partial charge in [-0.2, -0.15) is 5.26 Å². The van der Waals surface area contributed by atoms with Crippen LogP contribution in [0.4, 0.5) is 0 Å². The van der Waals surface area contributed by atoms with Crippen LogP contribution in [0, 0.1) is 23.3 Å². The highest BCUT2D eigenvalue weighted by molar-refractivity contribution is 4.86. The van der Waals surface area contributed by atoms with Gasteiger partial charge in [-0.15, -0.1) is 0 Å². The predicted octanol–water partition coefficient (Wildman–Crippen LogP) is 3.39. The van der Waals surface area contributed by atoms with E-state index in [1.54, 1.807) is 0 Å². The fourth-order valence-electron chi connectivity index (χ4n) is 2.47. The van der Waals surface area contributed by atoms with E-state index in [0.29, 0.717) is 6.04 Å². The van der Waals surface area contributed by atoms with Gasteiger partial charge in [-0.05, 0) is 31.1 Å². The molecular weight excluding hydrogens is 184 g/mol. The van der Waals surface area contributed by atoms with Crippen LogP contribution in [0.2, 0.25) is 0 Å². The Morgan fingerprint density at radius 2 is 2.20 bits per heavy atom. The summed E-state index contributed by atoms with van der Waals surface area (Å²) < 4.78 is 0. The molecule has 2 nitrogen and oxygen atoms in total. The van der Waals surface area contributed by atoms with E-state index >= 15 is 0 Å². The first-order valence-corrected chi connectivity index (χ1v) is 6.29. The average Bonchev–Trinajstić information content (AvgIpc) is 2.73. The lowest BCUT2D eigenvalue weighted by Gasteiger charge is -2.18. The van der Waals surface area contributed by atoms with Crippen LogP contribution in [0.15, 0.2) is 0 Å². The topological polar surface area (TPSA) is 27.0 Å². The van der Waals surface area contributed by atoms with E-state index in [0.717, 1.165) is 11.8 Å². The molecule has 0 aromatic heterocycles. The van der Waals surface area contributed by atoms with Crippen LogP contribution < -0.4 is 0 Å². The Labute approximate surface area is 94.3 Å². The molecule has 0 radical (unpaired) electrons. The third kappa shape index (κ3) is 3.74. The zero-order valence-corrected chi connectivity index (χ0v) is 10.4. The van der Waals surface area contributed by atoms with Gasteiger partial charge in [-0.1, -0.05) is 33.1 Å². The number of nitriles is 1. The molecule has 3 atom stereocenters. The van der Waals surface area contributed by atoms with Gasteiger partial charge in [0.2, 0.25) is 0 Å². The summed E-state index contributed by atoms with van der Waals surface area (Å²) >= 11 is 0. The summed E-state index contributed by atoms with van der Waals surface area (Å²) in [5.74, 6) is 1.75. The Hall–Kier alpha value is -0.710. The summed E-state index contributed by atoms with van der Waals surface area (Å²) in [6.07, 6.45) is 10.0. The zero-order chi connectivity index (χ0) is 11.3. The third-order valence-electron chi connectivity index (χ3n) is 3.98. The summed E-state index contributed by atoms with van der Waals surface area (Å²) in [6.45, 7) is 4.61. The standard InChI is InChI=1S/C13H24N2/c1-4-11(2)5-6-12-7-8-13(9-12)15(3)10-14/h11-13H,4-9H2,1-3H3/t11-,12?,13?/m1/s1. The van der Waals surface area contributed by atoms with E-state index in [2.05, 4.69) is 20.0 Å². The predicted molar refractivity (Wildman–Crippen MR) is 63.2 cm³/mol. The second kappa shape index (κ2) is 6.00. The molecule has 0 bridgehead atoms.